The lowest BCUT2D eigenvalue weighted by molar-refractivity contribution is -0.121. The van der Waals surface area contributed by atoms with E-state index < -0.39 is 0 Å². The molecule has 0 aliphatic carbocycles. The van der Waals surface area contributed by atoms with Crippen LogP contribution >= 0.6 is 22.9 Å². The number of carbonyl (C=O) groups excluding carboxylic acids is 1. The van der Waals surface area contributed by atoms with Crippen LogP contribution in [0.15, 0.2) is 12.1 Å². The second-order valence-corrected chi connectivity index (χ2v) is 4.43. The molecule has 0 spiro atoms. The van der Waals surface area contributed by atoms with Crippen molar-refractivity contribution in [3.05, 3.63) is 21.3 Å². The van der Waals surface area contributed by atoms with Gasteiger partial charge in [0.25, 0.3) is 0 Å². The van der Waals surface area contributed by atoms with E-state index in [0.29, 0.717) is 6.42 Å². The molecule has 0 bridgehead atoms. The Balaban J connectivity index is 2.24. The van der Waals surface area contributed by atoms with E-state index in [1.165, 1.54) is 4.88 Å². The highest BCUT2D eigenvalue weighted by Crippen LogP contribution is 2.22. The van der Waals surface area contributed by atoms with Gasteiger partial charge in [0, 0.05) is 11.3 Å². The van der Waals surface area contributed by atoms with Gasteiger partial charge in [-0.3, -0.25) is 10.2 Å². The topological polar surface area (TPSA) is 55.1 Å². The number of hydrogen-bond acceptors (Lipinski definition) is 3. The Bertz CT molecular complexity index is 287. The molecule has 1 aromatic heterocycles. The average molecular weight is 219 g/mol. The second-order valence-electron chi connectivity index (χ2n) is 2.63. The van der Waals surface area contributed by atoms with E-state index in [4.69, 9.17) is 17.4 Å². The quantitative estimate of drug-likeness (QED) is 0.459. The van der Waals surface area contributed by atoms with Gasteiger partial charge in [-0.15, -0.1) is 11.3 Å². The summed E-state index contributed by atoms with van der Waals surface area (Å²) in [5, 5.41) is 0. The summed E-state index contributed by atoms with van der Waals surface area (Å²) in [6.07, 6.45) is 2.15. The largest absolute Gasteiger partial charge is 0.294 e. The highest BCUT2D eigenvalue weighted by atomic mass is 35.5. The van der Waals surface area contributed by atoms with Gasteiger partial charge in [0.2, 0.25) is 5.91 Å². The van der Waals surface area contributed by atoms with Gasteiger partial charge >= 0.3 is 0 Å². The molecule has 0 atom stereocenters. The van der Waals surface area contributed by atoms with E-state index in [0.717, 1.165) is 17.2 Å². The van der Waals surface area contributed by atoms with Crippen LogP contribution in [-0.2, 0) is 11.2 Å². The molecule has 1 rings (SSSR count). The fourth-order valence-corrected chi connectivity index (χ4v) is 2.11. The maximum absolute atomic E-state index is 10.7. The molecule has 1 aromatic rings. The van der Waals surface area contributed by atoms with Crippen LogP contribution < -0.4 is 11.3 Å². The zero-order valence-electron chi connectivity index (χ0n) is 7.05. The zero-order valence-corrected chi connectivity index (χ0v) is 8.62. The fraction of sp³-hybridized carbons (Fsp3) is 0.375. The minimum Gasteiger partial charge on any atom is -0.294 e. The van der Waals surface area contributed by atoms with Gasteiger partial charge in [-0.1, -0.05) is 11.6 Å². The standard InChI is InChI=1S/C8H11ClN2OS/c9-7-5-4-6(13-7)2-1-3-8(12)11-10/h4-5H,1-3,10H2,(H,11,12). The first kappa shape index (κ1) is 10.5. The first-order chi connectivity index (χ1) is 6.22. The second kappa shape index (κ2) is 5.21. The molecule has 1 amide bonds. The van der Waals surface area contributed by atoms with Crippen LogP contribution in [0.3, 0.4) is 0 Å². The summed E-state index contributed by atoms with van der Waals surface area (Å²) in [5.41, 5.74) is 2.09. The Morgan fingerprint density at radius 3 is 2.92 bits per heavy atom. The van der Waals surface area contributed by atoms with Crippen LogP contribution in [0.4, 0.5) is 0 Å². The van der Waals surface area contributed by atoms with E-state index in [2.05, 4.69) is 5.43 Å². The minimum absolute atomic E-state index is 0.123. The van der Waals surface area contributed by atoms with Crippen molar-refractivity contribution >= 4 is 28.8 Å². The summed E-state index contributed by atoms with van der Waals surface area (Å²) in [6.45, 7) is 0. The molecule has 0 unspecified atom stereocenters. The van der Waals surface area contributed by atoms with Gasteiger partial charge in [-0.25, -0.2) is 5.84 Å². The van der Waals surface area contributed by atoms with Crippen LogP contribution in [0.1, 0.15) is 17.7 Å². The first-order valence-corrected chi connectivity index (χ1v) is 5.15. The molecule has 0 aliphatic heterocycles. The minimum atomic E-state index is -0.123. The van der Waals surface area contributed by atoms with Crippen molar-refractivity contribution in [2.45, 2.75) is 19.3 Å². The molecule has 3 N–H and O–H groups in total. The Kier molecular flexibility index (Phi) is 4.21. The van der Waals surface area contributed by atoms with Crippen LogP contribution in [0.5, 0.6) is 0 Å². The van der Waals surface area contributed by atoms with Gasteiger partial charge in [0.1, 0.15) is 0 Å². The number of carbonyl (C=O) groups is 1. The number of amides is 1. The van der Waals surface area contributed by atoms with Gasteiger partial charge in [0.15, 0.2) is 0 Å². The Labute approximate surface area is 85.9 Å². The molecule has 0 saturated carbocycles. The third-order valence-electron chi connectivity index (χ3n) is 1.62. The van der Waals surface area contributed by atoms with E-state index in [1.807, 2.05) is 12.1 Å². The van der Waals surface area contributed by atoms with Crippen molar-refractivity contribution in [3.8, 4) is 0 Å². The molecule has 5 heteroatoms. The predicted molar refractivity (Wildman–Crippen MR) is 54.6 cm³/mol. The lowest BCUT2D eigenvalue weighted by Gasteiger charge is -1.97. The van der Waals surface area contributed by atoms with E-state index in [-0.39, 0.29) is 5.91 Å². The summed E-state index contributed by atoms with van der Waals surface area (Å²) < 4.78 is 0.790. The summed E-state index contributed by atoms with van der Waals surface area (Å²) in [4.78, 5) is 12.0. The third-order valence-corrected chi connectivity index (χ3v) is 2.91. The van der Waals surface area contributed by atoms with E-state index >= 15 is 0 Å². The molecule has 0 aromatic carbocycles. The zero-order chi connectivity index (χ0) is 9.68. The number of rotatable bonds is 4. The van der Waals surface area contributed by atoms with Gasteiger partial charge in [-0.2, -0.15) is 0 Å². The van der Waals surface area contributed by atoms with Crippen LogP contribution in [0, 0.1) is 0 Å². The number of hydrogen-bond donors (Lipinski definition) is 2. The molecule has 0 fully saturated rings. The molecule has 72 valence electrons. The third kappa shape index (κ3) is 3.76. The Morgan fingerprint density at radius 2 is 2.38 bits per heavy atom. The monoisotopic (exact) mass is 218 g/mol. The molecule has 1 heterocycles. The number of nitrogens with two attached hydrogens (primary N) is 1. The maximum Gasteiger partial charge on any atom is 0.233 e. The van der Waals surface area contributed by atoms with E-state index in [9.17, 15) is 4.79 Å². The summed E-state index contributed by atoms with van der Waals surface area (Å²) in [5.74, 6) is 4.82. The molecule has 0 aliphatic rings. The summed E-state index contributed by atoms with van der Waals surface area (Å²) in [7, 11) is 0. The van der Waals surface area contributed by atoms with Crippen molar-refractivity contribution in [2.75, 3.05) is 0 Å². The van der Waals surface area contributed by atoms with Crippen molar-refractivity contribution < 1.29 is 4.79 Å². The summed E-state index contributed by atoms with van der Waals surface area (Å²) >= 11 is 7.30. The van der Waals surface area contributed by atoms with E-state index in [1.54, 1.807) is 11.3 Å². The number of halogens is 1. The van der Waals surface area contributed by atoms with Gasteiger partial charge < -0.3 is 0 Å². The van der Waals surface area contributed by atoms with Crippen LogP contribution in [-0.4, -0.2) is 5.91 Å². The van der Waals surface area contributed by atoms with Gasteiger partial charge in [-0.05, 0) is 25.0 Å². The number of nitrogens with one attached hydrogen (secondary N) is 1. The van der Waals surface area contributed by atoms with Crippen molar-refractivity contribution in [2.24, 2.45) is 5.84 Å². The Morgan fingerprint density at radius 1 is 1.62 bits per heavy atom. The van der Waals surface area contributed by atoms with Crippen LogP contribution in [0.2, 0.25) is 4.34 Å². The molecular formula is C8H11ClN2OS. The maximum atomic E-state index is 10.7. The highest BCUT2D eigenvalue weighted by molar-refractivity contribution is 7.16. The van der Waals surface area contributed by atoms with Crippen molar-refractivity contribution in [1.82, 2.24) is 5.43 Å². The average Bonchev–Trinajstić information content (AvgIpc) is 2.51. The number of aryl methyl sites for hydroxylation is 1. The summed E-state index contributed by atoms with van der Waals surface area (Å²) in [6, 6.07) is 3.85. The predicted octanol–water partition coefficient (Wildman–Crippen LogP) is 1.71. The Hall–Kier alpha value is -0.580. The van der Waals surface area contributed by atoms with Crippen LogP contribution in [0.25, 0.3) is 0 Å². The van der Waals surface area contributed by atoms with Gasteiger partial charge in [0.05, 0.1) is 4.34 Å². The van der Waals surface area contributed by atoms with Crippen molar-refractivity contribution in [1.29, 1.82) is 0 Å². The van der Waals surface area contributed by atoms with Crippen molar-refractivity contribution in [3.63, 3.8) is 0 Å². The fourth-order valence-electron chi connectivity index (χ4n) is 0.981. The first-order valence-electron chi connectivity index (χ1n) is 3.96. The normalized spacial score (nSPS) is 10.0. The SMILES string of the molecule is NNC(=O)CCCc1ccc(Cl)s1. The molecule has 3 nitrogen and oxygen atoms in total. The highest BCUT2D eigenvalue weighted by Gasteiger charge is 2.00. The lowest BCUT2D eigenvalue weighted by Crippen LogP contribution is -2.29. The number of thiophene rings is 1. The molecule has 0 saturated heterocycles. The molecular weight excluding hydrogens is 208 g/mol. The lowest BCUT2D eigenvalue weighted by atomic mass is 10.2. The smallest absolute Gasteiger partial charge is 0.233 e. The number of hydrazine groups is 1. The molecule has 0 radical (unpaired) electrons. The molecule has 13 heavy (non-hydrogen) atoms.